The highest BCUT2D eigenvalue weighted by Crippen LogP contribution is 2.34. The summed E-state index contributed by atoms with van der Waals surface area (Å²) in [5, 5.41) is 3.39. The standard InChI is InChI=1S/C26H24NO2PS2/c1-2-29-25(28)17-31-24-16-23(21-10-6-7-11-22(21)26(24)30)27-32-20-14-12-19(13-15-20)18-8-4-3-5-9-18/h3-16,27H,2,17,30H2,1H3. The number of carbonyl (C=O) groups excluding carboxylic acids is 1. The Hall–Kier alpha value is -2.46. The van der Waals surface area contributed by atoms with Gasteiger partial charge in [-0.05, 0) is 58.9 Å². The molecule has 0 saturated heterocycles. The second-order valence-corrected chi connectivity index (χ2v) is 9.54. The minimum Gasteiger partial charge on any atom is -0.465 e. The van der Waals surface area contributed by atoms with Gasteiger partial charge in [-0.15, -0.1) is 21.0 Å². The zero-order valence-corrected chi connectivity index (χ0v) is 20.5. The lowest BCUT2D eigenvalue weighted by molar-refractivity contribution is -0.139. The summed E-state index contributed by atoms with van der Waals surface area (Å²) in [6.45, 7) is 2.22. The van der Waals surface area contributed by atoms with Crippen molar-refractivity contribution >= 4 is 60.7 Å². The first-order chi connectivity index (χ1) is 15.7. The van der Waals surface area contributed by atoms with Crippen molar-refractivity contribution in [3.8, 4) is 11.1 Å². The zero-order chi connectivity index (χ0) is 22.3. The number of esters is 1. The Labute approximate surface area is 199 Å². The molecule has 0 heterocycles. The Morgan fingerprint density at radius 2 is 1.56 bits per heavy atom. The van der Waals surface area contributed by atoms with Crippen LogP contribution in [0.15, 0.2) is 94.7 Å². The van der Waals surface area contributed by atoms with Gasteiger partial charge in [-0.25, -0.2) is 0 Å². The van der Waals surface area contributed by atoms with Crippen molar-refractivity contribution in [2.45, 2.75) is 16.7 Å². The summed E-state index contributed by atoms with van der Waals surface area (Å²) >= 11 is 3.08. The van der Waals surface area contributed by atoms with E-state index in [-0.39, 0.29) is 5.97 Å². The van der Waals surface area contributed by atoms with Crippen LogP contribution < -0.4 is 10.0 Å². The van der Waals surface area contributed by atoms with Gasteiger partial charge in [0.15, 0.2) is 0 Å². The molecule has 6 heteroatoms. The molecule has 1 N–H and O–H groups in total. The van der Waals surface area contributed by atoms with Gasteiger partial charge in [0.25, 0.3) is 0 Å². The number of thioether (sulfide) groups is 1. The van der Waals surface area contributed by atoms with Crippen LogP contribution in [0, 0.1) is 0 Å². The molecular formula is C26H24NO2PS2. The van der Waals surface area contributed by atoms with E-state index in [1.165, 1.54) is 22.9 Å². The summed E-state index contributed by atoms with van der Waals surface area (Å²) in [4.78, 5) is 14.0. The van der Waals surface area contributed by atoms with Gasteiger partial charge in [0, 0.05) is 15.2 Å². The Morgan fingerprint density at radius 1 is 0.906 bits per heavy atom. The highest BCUT2D eigenvalue weighted by molar-refractivity contribution is 8.00. The number of nitrogens with one attached hydrogen (secondary N) is 1. The number of hydrogen-bond donors (Lipinski definition) is 1. The maximum atomic E-state index is 11.8. The fourth-order valence-corrected chi connectivity index (χ4v) is 5.45. The Kier molecular flexibility index (Phi) is 7.75. The third-order valence-electron chi connectivity index (χ3n) is 4.94. The molecule has 0 aliphatic heterocycles. The topological polar surface area (TPSA) is 38.3 Å². The van der Waals surface area contributed by atoms with E-state index >= 15 is 0 Å². The van der Waals surface area contributed by atoms with E-state index in [1.54, 1.807) is 11.9 Å². The Morgan fingerprint density at radius 3 is 2.28 bits per heavy atom. The average Bonchev–Trinajstić information content (AvgIpc) is 2.84. The monoisotopic (exact) mass is 477 g/mol. The van der Waals surface area contributed by atoms with Gasteiger partial charge in [0.05, 0.1) is 18.0 Å². The lowest BCUT2D eigenvalue weighted by Gasteiger charge is -2.15. The van der Waals surface area contributed by atoms with E-state index in [2.05, 4.69) is 80.7 Å². The molecule has 0 aromatic heterocycles. The van der Waals surface area contributed by atoms with Gasteiger partial charge in [-0.2, -0.15) is 0 Å². The molecule has 0 aliphatic rings. The molecule has 0 aliphatic carbocycles. The molecule has 4 aromatic rings. The first-order valence-corrected chi connectivity index (χ1v) is 12.7. The highest BCUT2D eigenvalue weighted by atomic mass is 32.2. The highest BCUT2D eigenvalue weighted by Gasteiger charge is 2.12. The average molecular weight is 478 g/mol. The van der Waals surface area contributed by atoms with Gasteiger partial charge >= 0.3 is 5.97 Å². The number of hydrogen-bond acceptors (Lipinski definition) is 5. The van der Waals surface area contributed by atoms with Crippen LogP contribution in [-0.4, -0.2) is 18.3 Å². The van der Waals surface area contributed by atoms with Crippen molar-refractivity contribution in [1.82, 2.24) is 0 Å². The van der Waals surface area contributed by atoms with Gasteiger partial charge in [-0.3, -0.25) is 4.79 Å². The predicted octanol–water partition coefficient (Wildman–Crippen LogP) is 6.78. The van der Waals surface area contributed by atoms with Gasteiger partial charge in [0.1, 0.15) is 0 Å². The number of benzene rings is 4. The molecule has 0 radical (unpaired) electrons. The van der Waals surface area contributed by atoms with Crippen LogP contribution in [0.25, 0.3) is 21.9 Å². The molecule has 162 valence electrons. The second-order valence-electron chi connectivity index (χ2n) is 7.07. The molecule has 32 heavy (non-hydrogen) atoms. The van der Waals surface area contributed by atoms with Crippen molar-refractivity contribution in [2.24, 2.45) is 0 Å². The molecule has 4 aromatic carbocycles. The fourth-order valence-electron chi connectivity index (χ4n) is 3.38. The molecule has 4 rings (SSSR count). The fraction of sp³-hybridized carbons (Fsp3) is 0.115. The minimum atomic E-state index is -0.197. The molecular weight excluding hydrogens is 453 g/mol. The summed E-state index contributed by atoms with van der Waals surface area (Å²) < 4.78 is 8.60. The van der Waals surface area contributed by atoms with Crippen LogP contribution in [0.5, 0.6) is 0 Å². The van der Waals surface area contributed by atoms with Crippen molar-refractivity contribution in [2.75, 3.05) is 17.1 Å². The van der Waals surface area contributed by atoms with E-state index < -0.39 is 0 Å². The van der Waals surface area contributed by atoms with E-state index in [0.29, 0.717) is 12.4 Å². The lowest BCUT2D eigenvalue weighted by Crippen LogP contribution is -2.08. The van der Waals surface area contributed by atoms with Crippen molar-refractivity contribution in [3.63, 3.8) is 0 Å². The van der Waals surface area contributed by atoms with E-state index in [9.17, 15) is 4.79 Å². The van der Waals surface area contributed by atoms with Crippen LogP contribution in [-0.2, 0) is 9.53 Å². The zero-order valence-electron chi connectivity index (χ0n) is 17.7. The van der Waals surface area contributed by atoms with Crippen molar-refractivity contribution < 1.29 is 9.53 Å². The number of carbonyl (C=O) groups is 1. The quantitative estimate of drug-likeness (QED) is 0.131. The van der Waals surface area contributed by atoms with E-state index in [4.69, 9.17) is 4.74 Å². The summed E-state index contributed by atoms with van der Waals surface area (Å²) in [6.07, 6.45) is 0. The molecule has 1 atom stereocenters. The second kappa shape index (κ2) is 10.9. The van der Waals surface area contributed by atoms with Crippen LogP contribution in [0.2, 0.25) is 0 Å². The van der Waals surface area contributed by atoms with Crippen molar-refractivity contribution in [3.05, 3.63) is 84.9 Å². The SMILES string of the molecule is CCOC(=O)CSc1cc(NSc2ccc(-c3ccccc3)cc2)c2ccccc2c1P. The molecule has 0 saturated carbocycles. The molecule has 3 nitrogen and oxygen atoms in total. The summed E-state index contributed by atoms with van der Waals surface area (Å²) in [5.74, 6) is 0.0960. The third kappa shape index (κ3) is 5.47. The lowest BCUT2D eigenvalue weighted by atomic mass is 10.1. The van der Waals surface area contributed by atoms with E-state index in [1.807, 2.05) is 25.1 Å². The van der Waals surface area contributed by atoms with Crippen LogP contribution in [0.1, 0.15) is 6.92 Å². The van der Waals surface area contributed by atoms with Crippen molar-refractivity contribution in [1.29, 1.82) is 0 Å². The third-order valence-corrected chi connectivity index (χ3v) is 7.63. The summed E-state index contributed by atoms with van der Waals surface area (Å²) in [6, 6.07) is 29.3. The molecule has 0 fully saturated rings. The van der Waals surface area contributed by atoms with Gasteiger partial charge in [-0.1, -0.05) is 66.7 Å². The van der Waals surface area contributed by atoms with Crippen LogP contribution in [0.3, 0.4) is 0 Å². The van der Waals surface area contributed by atoms with Gasteiger partial charge < -0.3 is 9.46 Å². The number of anilines is 1. The van der Waals surface area contributed by atoms with E-state index in [0.717, 1.165) is 31.6 Å². The first kappa shape index (κ1) is 22.7. The first-order valence-electron chi connectivity index (χ1n) is 10.3. The maximum Gasteiger partial charge on any atom is 0.316 e. The molecule has 0 bridgehead atoms. The maximum absolute atomic E-state index is 11.8. The largest absolute Gasteiger partial charge is 0.465 e. The molecule has 0 amide bonds. The van der Waals surface area contributed by atoms with Crippen LogP contribution in [0.4, 0.5) is 5.69 Å². The minimum absolute atomic E-state index is 0.197. The number of rotatable bonds is 8. The number of ether oxygens (including phenoxy) is 1. The molecule has 1 unspecified atom stereocenters. The van der Waals surface area contributed by atoms with Crippen LogP contribution >= 0.6 is 32.9 Å². The molecule has 0 spiro atoms. The Balaban J connectivity index is 1.54. The predicted molar refractivity (Wildman–Crippen MR) is 142 cm³/mol. The summed E-state index contributed by atoms with van der Waals surface area (Å²) in [7, 11) is 2.83. The van der Waals surface area contributed by atoms with Gasteiger partial charge in [0.2, 0.25) is 0 Å². The smallest absolute Gasteiger partial charge is 0.316 e. The normalized spacial score (nSPS) is 10.8. The summed E-state index contributed by atoms with van der Waals surface area (Å²) in [5.41, 5.74) is 3.43. The Bertz CT molecular complexity index is 1210. The number of fused-ring (bicyclic) bond motifs is 1.